The van der Waals surface area contributed by atoms with Crippen LogP contribution >= 0.6 is 11.3 Å². The maximum atomic E-state index is 6.59. The topological polar surface area (TPSA) is 61.0 Å². The van der Waals surface area contributed by atoms with Gasteiger partial charge in [0.25, 0.3) is 0 Å². The van der Waals surface area contributed by atoms with Crippen LogP contribution in [0.3, 0.4) is 0 Å². The van der Waals surface area contributed by atoms with Gasteiger partial charge in [-0.2, -0.15) is 0 Å². The van der Waals surface area contributed by atoms with E-state index in [4.69, 9.17) is 15.5 Å². The molecule has 0 saturated heterocycles. The zero-order chi connectivity index (χ0) is 18.1. The van der Waals surface area contributed by atoms with Gasteiger partial charge in [-0.3, -0.25) is 0 Å². The van der Waals surface area contributed by atoms with Gasteiger partial charge in [-0.05, 0) is 48.9 Å². The average molecular weight is 361 g/mol. The lowest BCUT2D eigenvalue weighted by atomic mass is 9.99. The van der Waals surface area contributed by atoms with Crippen molar-refractivity contribution in [1.29, 1.82) is 0 Å². The van der Waals surface area contributed by atoms with E-state index in [1.165, 1.54) is 0 Å². The lowest BCUT2D eigenvalue weighted by Crippen LogP contribution is -2.12. The Hall–Kier alpha value is -2.76. The number of hydrogen-bond acceptors (Lipinski definition) is 5. The minimum atomic E-state index is -0.279. The number of aromatic nitrogens is 2. The molecule has 0 aliphatic rings. The first-order chi connectivity index (χ1) is 12.7. The molecule has 1 unspecified atom stereocenters. The van der Waals surface area contributed by atoms with E-state index in [2.05, 4.69) is 17.1 Å². The lowest BCUT2D eigenvalue weighted by Gasteiger charge is -2.14. The number of methoxy groups -OCH3 is 1. The number of hydrogen-bond donors (Lipinski definition) is 1. The van der Waals surface area contributed by atoms with Crippen molar-refractivity contribution >= 4 is 22.2 Å². The monoisotopic (exact) mass is 361 g/mol. The number of thiazole rings is 1. The molecule has 0 aliphatic carbocycles. The van der Waals surface area contributed by atoms with Gasteiger partial charge in [0.05, 0.1) is 24.4 Å². The number of nitrogens with two attached hydrogens (primary N) is 1. The number of para-hydroxylation sites is 1. The molecule has 1 atom stereocenters. The predicted octanol–water partition coefficient (Wildman–Crippen LogP) is 4.72. The Bertz CT molecular complexity index is 1060. The number of fused-ring (bicyclic) bond motifs is 1. The van der Waals surface area contributed by atoms with E-state index >= 15 is 0 Å². The summed E-state index contributed by atoms with van der Waals surface area (Å²) >= 11 is 1.59. The van der Waals surface area contributed by atoms with Gasteiger partial charge in [0.15, 0.2) is 0 Å². The summed E-state index contributed by atoms with van der Waals surface area (Å²) in [6.45, 7) is 1.99. The Morgan fingerprint density at radius 2 is 1.81 bits per heavy atom. The van der Waals surface area contributed by atoms with Crippen LogP contribution in [0.2, 0.25) is 0 Å². The second-order valence-corrected chi connectivity index (χ2v) is 7.04. The van der Waals surface area contributed by atoms with E-state index in [0.717, 1.165) is 44.2 Å². The van der Waals surface area contributed by atoms with Gasteiger partial charge in [-0.25, -0.2) is 9.97 Å². The van der Waals surface area contributed by atoms with Gasteiger partial charge in [0.2, 0.25) is 0 Å². The van der Waals surface area contributed by atoms with Crippen LogP contribution in [0.5, 0.6) is 5.75 Å². The van der Waals surface area contributed by atoms with Crippen LogP contribution < -0.4 is 10.5 Å². The highest BCUT2D eigenvalue weighted by Crippen LogP contribution is 2.32. The summed E-state index contributed by atoms with van der Waals surface area (Å²) < 4.78 is 5.25. The maximum absolute atomic E-state index is 6.59. The lowest BCUT2D eigenvalue weighted by molar-refractivity contribution is 0.415. The van der Waals surface area contributed by atoms with Crippen LogP contribution in [0.25, 0.3) is 22.2 Å². The summed E-state index contributed by atoms with van der Waals surface area (Å²) in [5, 5.41) is 4.01. The summed E-state index contributed by atoms with van der Waals surface area (Å²) in [6.07, 6.45) is 0. The van der Waals surface area contributed by atoms with Crippen LogP contribution in [0.1, 0.15) is 22.3 Å². The van der Waals surface area contributed by atoms with Crippen molar-refractivity contribution < 1.29 is 4.74 Å². The fraction of sp³-hybridized carbons (Fsp3) is 0.143. The molecule has 2 heterocycles. The highest BCUT2D eigenvalue weighted by molar-refractivity contribution is 7.09. The molecule has 130 valence electrons. The van der Waals surface area contributed by atoms with E-state index in [-0.39, 0.29) is 6.04 Å². The molecule has 0 bridgehead atoms. The fourth-order valence-electron chi connectivity index (χ4n) is 3.02. The maximum Gasteiger partial charge on any atom is 0.118 e. The summed E-state index contributed by atoms with van der Waals surface area (Å²) in [6, 6.07) is 17.8. The minimum absolute atomic E-state index is 0.279. The molecule has 0 fully saturated rings. The van der Waals surface area contributed by atoms with Crippen molar-refractivity contribution in [3.63, 3.8) is 0 Å². The van der Waals surface area contributed by atoms with Crippen LogP contribution in [-0.2, 0) is 0 Å². The molecule has 0 amide bonds. The Kier molecular flexibility index (Phi) is 4.41. The van der Waals surface area contributed by atoms with Crippen molar-refractivity contribution in [3.05, 3.63) is 76.2 Å². The zero-order valence-electron chi connectivity index (χ0n) is 14.6. The van der Waals surface area contributed by atoms with Crippen molar-refractivity contribution in [2.24, 2.45) is 5.73 Å². The molecule has 0 radical (unpaired) electrons. The first-order valence-corrected chi connectivity index (χ1v) is 9.25. The molecule has 2 aromatic carbocycles. The molecule has 2 N–H and O–H groups in total. The van der Waals surface area contributed by atoms with Crippen LogP contribution in [0, 0.1) is 6.92 Å². The average Bonchev–Trinajstić information content (AvgIpc) is 3.13. The fourth-order valence-corrected chi connectivity index (χ4v) is 3.83. The Morgan fingerprint density at radius 3 is 2.50 bits per heavy atom. The Balaban J connectivity index is 1.87. The number of ether oxygens (including phenoxy) is 1. The molecular formula is C21H19N3OS. The molecule has 26 heavy (non-hydrogen) atoms. The van der Waals surface area contributed by atoms with Gasteiger partial charge in [-0.1, -0.05) is 18.2 Å². The highest BCUT2D eigenvalue weighted by Gasteiger charge is 2.17. The molecule has 4 rings (SSSR count). The predicted molar refractivity (Wildman–Crippen MR) is 107 cm³/mol. The van der Waals surface area contributed by atoms with Gasteiger partial charge in [0, 0.05) is 22.0 Å². The van der Waals surface area contributed by atoms with Crippen LogP contribution in [0.4, 0.5) is 0 Å². The number of pyridine rings is 1. The van der Waals surface area contributed by atoms with Crippen molar-refractivity contribution in [3.8, 4) is 17.0 Å². The largest absolute Gasteiger partial charge is 0.497 e. The van der Waals surface area contributed by atoms with Gasteiger partial charge in [-0.15, -0.1) is 11.3 Å². The summed E-state index contributed by atoms with van der Waals surface area (Å²) in [5.41, 5.74) is 11.5. The number of benzene rings is 2. The molecule has 2 aromatic heterocycles. The third-order valence-corrected chi connectivity index (χ3v) is 5.42. The van der Waals surface area contributed by atoms with Crippen molar-refractivity contribution in [1.82, 2.24) is 9.97 Å². The number of nitrogens with zero attached hydrogens (tertiary/aromatic N) is 2. The number of aryl methyl sites for hydroxylation is 1. The van der Waals surface area contributed by atoms with Crippen molar-refractivity contribution in [2.45, 2.75) is 13.0 Å². The summed E-state index contributed by atoms with van der Waals surface area (Å²) in [5.74, 6) is 0.824. The van der Waals surface area contributed by atoms with E-state index in [1.54, 1.807) is 18.4 Å². The normalized spacial score (nSPS) is 12.3. The van der Waals surface area contributed by atoms with Gasteiger partial charge < -0.3 is 10.5 Å². The Morgan fingerprint density at radius 1 is 1.04 bits per heavy atom. The third-order valence-electron chi connectivity index (χ3n) is 4.37. The molecule has 0 spiro atoms. The molecule has 4 aromatic rings. The van der Waals surface area contributed by atoms with E-state index in [0.29, 0.717) is 0 Å². The van der Waals surface area contributed by atoms with Gasteiger partial charge in [0.1, 0.15) is 10.8 Å². The quantitative estimate of drug-likeness (QED) is 0.571. The molecule has 0 aliphatic heterocycles. The second kappa shape index (κ2) is 6.86. The zero-order valence-corrected chi connectivity index (χ0v) is 15.5. The summed E-state index contributed by atoms with van der Waals surface area (Å²) in [4.78, 5) is 9.40. The van der Waals surface area contributed by atoms with Crippen LogP contribution in [-0.4, -0.2) is 17.1 Å². The third kappa shape index (κ3) is 3.07. The summed E-state index contributed by atoms with van der Waals surface area (Å²) in [7, 11) is 1.66. The second-order valence-electron chi connectivity index (χ2n) is 6.15. The van der Waals surface area contributed by atoms with Crippen LogP contribution in [0.15, 0.2) is 60.0 Å². The molecule has 5 heteroatoms. The Labute approximate surface area is 156 Å². The SMILES string of the molecule is COc1ccc(-c2cc(C(N)c3nc(C)cs3)c3ccccc3n2)cc1. The smallest absolute Gasteiger partial charge is 0.118 e. The van der Waals surface area contributed by atoms with E-state index < -0.39 is 0 Å². The van der Waals surface area contributed by atoms with Crippen molar-refractivity contribution in [2.75, 3.05) is 7.11 Å². The highest BCUT2D eigenvalue weighted by atomic mass is 32.1. The van der Waals surface area contributed by atoms with Gasteiger partial charge >= 0.3 is 0 Å². The first-order valence-electron chi connectivity index (χ1n) is 8.37. The standard InChI is InChI=1S/C21H19N3OS/c1-13-12-26-21(23-13)20(22)17-11-19(14-7-9-15(25-2)10-8-14)24-18-6-4-3-5-16(17)18/h3-12,20H,22H2,1-2H3. The molecule has 0 saturated carbocycles. The van der Waals surface area contributed by atoms with E-state index in [9.17, 15) is 0 Å². The molecular weight excluding hydrogens is 342 g/mol. The molecule has 4 nitrogen and oxygen atoms in total. The minimum Gasteiger partial charge on any atom is -0.497 e. The number of rotatable bonds is 4. The first kappa shape index (κ1) is 16.7. The van der Waals surface area contributed by atoms with E-state index in [1.807, 2.05) is 54.8 Å².